The fourth-order valence-electron chi connectivity index (χ4n) is 1.86. The Balaban J connectivity index is 2.23. The Morgan fingerprint density at radius 1 is 1.44 bits per heavy atom. The highest BCUT2D eigenvalue weighted by Crippen LogP contribution is 2.12. The number of carboxylic acid groups (broad SMARTS) is 1. The van der Waals surface area contributed by atoms with E-state index in [4.69, 9.17) is 5.11 Å². The second-order valence-electron chi connectivity index (χ2n) is 4.37. The number of amides is 1. The first-order chi connectivity index (χ1) is 7.59. The van der Waals surface area contributed by atoms with Crippen LogP contribution in [0.4, 0.5) is 0 Å². The van der Waals surface area contributed by atoms with E-state index in [0.29, 0.717) is 6.42 Å². The summed E-state index contributed by atoms with van der Waals surface area (Å²) in [5, 5.41) is 14.6. The van der Waals surface area contributed by atoms with Crippen LogP contribution in [0.25, 0.3) is 0 Å². The molecule has 16 heavy (non-hydrogen) atoms. The molecule has 1 saturated heterocycles. The Hall–Kier alpha value is -1.10. The van der Waals surface area contributed by atoms with E-state index in [1.807, 2.05) is 6.92 Å². The summed E-state index contributed by atoms with van der Waals surface area (Å²) in [6.07, 6.45) is 2.34. The van der Waals surface area contributed by atoms with Crippen LogP contribution in [0.2, 0.25) is 0 Å². The molecule has 0 saturated carbocycles. The predicted octanol–water partition coefficient (Wildman–Crippen LogP) is 0.356. The van der Waals surface area contributed by atoms with Crippen LogP contribution in [-0.2, 0) is 9.59 Å². The lowest BCUT2D eigenvalue weighted by Crippen LogP contribution is -2.41. The normalized spacial score (nSPS) is 19.1. The van der Waals surface area contributed by atoms with E-state index in [2.05, 4.69) is 10.6 Å². The minimum atomic E-state index is -0.817. The average Bonchev–Trinajstić information content (AvgIpc) is 2.27. The van der Waals surface area contributed by atoms with Gasteiger partial charge in [-0.1, -0.05) is 0 Å². The lowest BCUT2D eigenvalue weighted by atomic mass is 9.97. The summed E-state index contributed by atoms with van der Waals surface area (Å²) in [5.41, 5.74) is 0. The molecule has 1 heterocycles. The van der Waals surface area contributed by atoms with Gasteiger partial charge in [0.25, 0.3) is 0 Å². The fraction of sp³-hybridized carbons (Fsp3) is 0.818. The van der Waals surface area contributed by atoms with Crippen LogP contribution >= 0.6 is 0 Å². The molecule has 0 bridgehead atoms. The Morgan fingerprint density at radius 3 is 2.62 bits per heavy atom. The molecule has 0 spiro atoms. The zero-order valence-electron chi connectivity index (χ0n) is 9.66. The first kappa shape index (κ1) is 13.0. The number of aliphatic carboxylic acids is 1. The summed E-state index contributed by atoms with van der Waals surface area (Å²) in [4.78, 5) is 22.1. The van der Waals surface area contributed by atoms with Crippen molar-refractivity contribution in [1.29, 1.82) is 0 Å². The number of piperidine rings is 1. The summed E-state index contributed by atoms with van der Waals surface area (Å²) < 4.78 is 0. The van der Waals surface area contributed by atoms with E-state index in [1.54, 1.807) is 0 Å². The highest BCUT2D eigenvalue weighted by atomic mass is 16.4. The standard InChI is InChI=1S/C11H20N2O3/c1-8(2-3-10(14)15)13-11(16)9-4-6-12-7-5-9/h8-9,12H,2-7H2,1H3,(H,13,16)(H,14,15). The Bertz CT molecular complexity index is 250. The minimum Gasteiger partial charge on any atom is -0.481 e. The highest BCUT2D eigenvalue weighted by Gasteiger charge is 2.21. The van der Waals surface area contributed by atoms with Crippen molar-refractivity contribution in [3.63, 3.8) is 0 Å². The van der Waals surface area contributed by atoms with E-state index < -0.39 is 5.97 Å². The Labute approximate surface area is 95.6 Å². The molecular formula is C11H20N2O3. The van der Waals surface area contributed by atoms with Crippen LogP contribution in [0.15, 0.2) is 0 Å². The molecule has 1 rings (SSSR count). The molecular weight excluding hydrogens is 208 g/mol. The van der Waals surface area contributed by atoms with Gasteiger partial charge < -0.3 is 15.7 Å². The van der Waals surface area contributed by atoms with Crippen molar-refractivity contribution in [2.24, 2.45) is 5.92 Å². The molecule has 5 heteroatoms. The number of carboxylic acids is 1. The van der Waals surface area contributed by atoms with Crippen LogP contribution in [0.5, 0.6) is 0 Å². The molecule has 1 atom stereocenters. The van der Waals surface area contributed by atoms with Crippen molar-refractivity contribution in [1.82, 2.24) is 10.6 Å². The van der Waals surface area contributed by atoms with Gasteiger partial charge in [-0.15, -0.1) is 0 Å². The molecule has 0 aromatic carbocycles. The quantitative estimate of drug-likeness (QED) is 0.634. The summed E-state index contributed by atoms with van der Waals surface area (Å²) in [5.74, 6) is -0.657. The van der Waals surface area contributed by atoms with Gasteiger partial charge in [-0.3, -0.25) is 9.59 Å². The van der Waals surface area contributed by atoms with Crippen LogP contribution in [0.3, 0.4) is 0 Å². The van der Waals surface area contributed by atoms with Crippen LogP contribution < -0.4 is 10.6 Å². The zero-order chi connectivity index (χ0) is 12.0. The second-order valence-corrected chi connectivity index (χ2v) is 4.37. The zero-order valence-corrected chi connectivity index (χ0v) is 9.66. The first-order valence-corrected chi connectivity index (χ1v) is 5.82. The molecule has 0 aromatic rings. The minimum absolute atomic E-state index is 0.0570. The first-order valence-electron chi connectivity index (χ1n) is 5.82. The third-order valence-corrected chi connectivity index (χ3v) is 2.89. The predicted molar refractivity (Wildman–Crippen MR) is 60.1 cm³/mol. The fourth-order valence-corrected chi connectivity index (χ4v) is 1.86. The maximum Gasteiger partial charge on any atom is 0.303 e. The summed E-state index contributed by atoms with van der Waals surface area (Å²) >= 11 is 0. The van der Waals surface area contributed by atoms with E-state index in [9.17, 15) is 9.59 Å². The Kier molecular flexibility index (Phi) is 5.25. The maximum absolute atomic E-state index is 11.8. The number of carbonyl (C=O) groups excluding carboxylic acids is 1. The van der Waals surface area contributed by atoms with Gasteiger partial charge in [0.1, 0.15) is 0 Å². The molecule has 1 fully saturated rings. The van der Waals surface area contributed by atoms with Crippen molar-refractivity contribution in [2.75, 3.05) is 13.1 Å². The molecule has 1 unspecified atom stereocenters. The summed E-state index contributed by atoms with van der Waals surface area (Å²) in [6.45, 7) is 3.63. The molecule has 0 radical (unpaired) electrons. The maximum atomic E-state index is 11.8. The monoisotopic (exact) mass is 228 g/mol. The van der Waals surface area contributed by atoms with Crippen molar-refractivity contribution in [3.8, 4) is 0 Å². The lowest BCUT2D eigenvalue weighted by molar-refractivity contribution is -0.137. The van der Waals surface area contributed by atoms with Crippen LogP contribution in [0.1, 0.15) is 32.6 Å². The topological polar surface area (TPSA) is 78.4 Å². The van der Waals surface area contributed by atoms with Gasteiger partial charge in [0, 0.05) is 18.4 Å². The number of hydrogen-bond donors (Lipinski definition) is 3. The molecule has 1 amide bonds. The van der Waals surface area contributed by atoms with Crippen molar-refractivity contribution < 1.29 is 14.7 Å². The largest absolute Gasteiger partial charge is 0.481 e. The van der Waals surface area contributed by atoms with Gasteiger partial charge in [0.05, 0.1) is 0 Å². The van der Waals surface area contributed by atoms with E-state index >= 15 is 0 Å². The van der Waals surface area contributed by atoms with Gasteiger partial charge in [0.2, 0.25) is 5.91 Å². The smallest absolute Gasteiger partial charge is 0.303 e. The van der Waals surface area contributed by atoms with E-state index in [0.717, 1.165) is 25.9 Å². The van der Waals surface area contributed by atoms with Crippen LogP contribution in [-0.4, -0.2) is 36.1 Å². The van der Waals surface area contributed by atoms with Crippen molar-refractivity contribution in [3.05, 3.63) is 0 Å². The van der Waals surface area contributed by atoms with Gasteiger partial charge in [-0.05, 0) is 39.3 Å². The summed E-state index contributed by atoms with van der Waals surface area (Å²) in [7, 11) is 0. The molecule has 5 nitrogen and oxygen atoms in total. The number of nitrogens with one attached hydrogen (secondary N) is 2. The molecule has 92 valence electrons. The van der Waals surface area contributed by atoms with Gasteiger partial charge >= 0.3 is 5.97 Å². The van der Waals surface area contributed by atoms with Gasteiger partial charge in [-0.25, -0.2) is 0 Å². The second kappa shape index (κ2) is 6.48. The molecule has 1 aliphatic heterocycles. The third-order valence-electron chi connectivity index (χ3n) is 2.89. The third kappa shape index (κ3) is 4.61. The molecule has 0 aromatic heterocycles. The number of hydrogen-bond acceptors (Lipinski definition) is 3. The summed E-state index contributed by atoms with van der Waals surface area (Å²) in [6, 6.07) is -0.0570. The average molecular weight is 228 g/mol. The van der Waals surface area contributed by atoms with Crippen LogP contribution in [0, 0.1) is 5.92 Å². The SMILES string of the molecule is CC(CCC(=O)O)NC(=O)C1CCNCC1. The molecule has 0 aliphatic carbocycles. The Morgan fingerprint density at radius 2 is 2.06 bits per heavy atom. The van der Waals surface area contributed by atoms with E-state index in [1.165, 1.54) is 0 Å². The van der Waals surface area contributed by atoms with Crippen molar-refractivity contribution >= 4 is 11.9 Å². The number of rotatable bonds is 5. The number of carbonyl (C=O) groups is 2. The van der Waals surface area contributed by atoms with E-state index in [-0.39, 0.29) is 24.3 Å². The molecule has 3 N–H and O–H groups in total. The van der Waals surface area contributed by atoms with Crippen molar-refractivity contribution in [2.45, 2.75) is 38.6 Å². The van der Waals surface area contributed by atoms with Gasteiger partial charge in [-0.2, -0.15) is 0 Å². The molecule has 1 aliphatic rings. The lowest BCUT2D eigenvalue weighted by Gasteiger charge is -2.23. The highest BCUT2D eigenvalue weighted by molar-refractivity contribution is 5.79. The van der Waals surface area contributed by atoms with Gasteiger partial charge in [0.15, 0.2) is 0 Å².